The minimum absolute atomic E-state index is 0.270. The van der Waals surface area contributed by atoms with Crippen LogP contribution in [0.5, 0.6) is 0 Å². The van der Waals surface area contributed by atoms with Gasteiger partial charge in [-0.05, 0) is 31.9 Å². The van der Waals surface area contributed by atoms with E-state index < -0.39 is 0 Å². The Labute approximate surface area is 74.9 Å². The average Bonchev–Trinajstić information content (AvgIpc) is 2.13. The van der Waals surface area contributed by atoms with Gasteiger partial charge in [0.25, 0.3) is 0 Å². The normalized spacial score (nSPS) is 9.30. The van der Waals surface area contributed by atoms with Crippen LogP contribution in [0, 0.1) is 11.3 Å². The first-order valence-corrected chi connectivity index (χ1v) is 4.08. The van der Waals surface area contributed by atoms with Crippen molar-refractivity contribution >= 4 is 31.9 Å². The second-order valence-corrected chi connectivity index (χ2v) is 3.23. The van der Waals surface area contributed by atoms with Gasteiger partial charge < -0.3 is 0 Å². The van der Waals surface area contributed by atoms with Gasteiger partial charge in [0.1, 0.15) is 15.8 Å². The van der Waals surface area contributed by atoms with E-state index in [-0.39, 0.29) is 6.54 Å². The minimum Gasteiger partial charge on any atom is -0.243 e. The van der Waals surface area contributed by atoms with E-state index in [2.05, 4.69) is 37.0 Å². The number of hydrogen-bond donors (Lipinski definition) is 0. The standard InChI is InChI=1S/C5H3Br2N3/c6-4-3-5(7)10(9-4)2-1-8/h3H,2H2. The van der Waals surface area contributed by atoms with Gasteiger partial charge in [0.2, 0.25) is 0 Å². The molecule has 0 spiro atoms. The van der Waals surface area contributed by atoms with Crippen molar-refractivity contribution in [1.29, 1.82) is 5.26 Å². The molecule has 0 radical (unpaired) electrons. The maximum atomic E-state index is 8.31. The third-order valence-electron chi connectivity index (χ3n) is 0.922. The lowest BCUT2D eigenvalue weighted by molar-refractivity contribution is 0.689. The Kier molecular flexibility index (Phi) is 2.46. The lowest BCUT2D eigenvalue weighted by atomic mass is 10.7. The van der Waals surface area contributed by atoms with Crippen molar-refractivity contribution in [1.82, 2.24) is 9.78 Å². The van der Waals surface area contributed by atoms with Crippen LogP contribution >= 0.6 is 31.9 Å². The average molecular weight is 265 g/mol. The molecule has 0 aromatic carbocycles. The Hall–Kier alpha value is -0.340. The predicted octanol–water partition coefficient (Wildman–Crippen LogP) is 1.93. The van der Waals surface area contributed by atoms with E-state index in [1.807, 2.05) is 6.07 Å². The topological polar surface area (TPSA) is 41.6 Å². The zero-order valence-electron chi connectivity index (χ0n) is 4.88. The molecule has 3 nitrogen and oxygen atoms in total. The highest BCUT2D eigenvalue weighted by Gasteiger charge is 2.00. The summed E-state index contributed by atoms with van der Waals surface area (Å²) in [6.07, 6.45) is 0. The van der Waals surface area contributed by atoms with Crippen LogP contribution in [0.2, 0.25) is 0 Å². The molecule has 1 aromatic rings. The second kappa shape index (κ2) is 3.17. The largest absolute Gasteiger partial charge is 0.243 e. The van der Waals surface area contributed by atoms with E-state index in [1.165, 1.54) is 0 Å². The van der Waals surface area contributed by atoms with Gasteiger partial charge in [0, 0.05) is 6.07 Å². The van der Waals surface area contributed by atoms with E-state index in [0.717, 1.165) is 9.21 Å². The molecule has 0 saturated heterocycles. The zero-order chi connectivity index (χ0) is 7.56. The Morgan fingerprint density at radius 2 is 2.40 bits per heavy atom. The Morgan fingerprint density at radius 1 is 1.70 bits per heavy atom. The molecule has 5 heteroatoms. The molecule has 52 valence electrons. The molecule has 0 aliphatic rings. The molecule has 0 saturated carbocycles. The van der Waals surface area contributed by atoms with Crippen molar-refractivity contribution < 1.29 is 0 Å². The summed E-state index contributed by atoms with van der Waals surface area (Å²) in [5, 5.41) is 12.3. The van der Waals surface area contributed by atoms with Crippen molar-refractivity contribution in [3.05, 3.63) is 15.3 Å². The van der Waals surface area contributed by atoms with Crippen LogP contribution in [-0.2, 0) is 6.54 Å². The zero-order valence-corrected chi connectivity index (χ0v) is 8.05. The van der Waals surface area contributed by atoms with E-state index in [0.29, 0.717) is 0 Å². The van der Waals surface area contributed by atoms with Gasteiger partial charge in [-0.2, -0.15) is 10.4 Å². The fourth-order valence-electron chi connectivity index (χ4n) is 0.543. The molecule has 0 amide bonds. The van der Waals surface area contributed by atoms with Crippen molar-refractivity contribution in [2.75, 3.05) is 0 Å². The van der Waals surface area contributed by atoms with Gasteiger partial charge in [-0.3, -0.25) is 0 Å². The van der Waals surface area contributed by atoms with E-state index >= 15 is 0 Å². The SMILES string of the molecule is N#CCn1nc(Br)cc1Br. The number of rotatable bonds is 1. The highest BCUT2D eigenvalue weighted by atomic mass is 79.9. The summed E-state index contributed by atoms with van der Waals surface area (Å²) in [4.78, 5) is 0. The lowest BCUT2D eigenvalue weighted by Gasteiger charge is -1.91. The summed E-state index contributed by atoms with van der Waals surface area (Å²) >= 11 is 6.42. The van der Waals surface area contributed by atoms with E-state index in [4.69, 9.17) is 5.26 Å². The summed E-state index contributed by atoms with van der Waals surface area (Å²) in [6, 6.07) is 3.78. The molecule has 0 unspecified atom stereocenters. The molecule has 0 bridgehead atoms. The lowest BCUT2D eigenvalue weighted by Crippen LogP contribution is -1.96. The van der Waals surface area contributed by atoms with E-state index in [9.17, 15) is 0 Å². The van der Waals surface area contributed by atoms with Crippen LogP contribution in [0.3, 0.4) is 0 Å². The monoisotopic (exact) mass is 263 g/mol. The number of nitriles is 1. The van der Waals surface area contributed by atoms with Crippen molar-refractivity contribution in [3.8, 4) is 6.07 Å². The third-order valence-corrected chi connectivity index (χ3v) is 1.95. The fraction of sp³-hybridized carbons (Fsp3) is 0.200. The van der Waals surface area contributed by atoms with Gasteiger partial charge in [-0.15, -0.1) is 0 Å². The molecule has 0 fully saturated rings. The Morgan fingerprint density at radius 3 is 2.80 bits per heavy atom. The highest BCUT2D eigenvalue weighted by molar-refractivity contribution is 9.11. The minimum atomic E-state index is 0.270. The molecule has 1 aromatic heterocycles. The molecule has 1 rings (SSSR count). The maximum Gasteiger partial charge on any atom is 0.129 e. The fourth-order valence-corrected chi connectivity index (χ4v) is 1.68. The van der Waals surface area contributed by atoms with Gasteiger partial charge in [0.15, 0.2) is 0 Å². The van der Waals surface area contributed by atoms with Crippen LogP contribution in [-0.4, -0.2) is 9.78 Å². The summed E-state index contributed by atoms with van der Waals surface area (Å²) in [5.74, 6) is 0. The van der Waals surface area contributed by atoms with Gasteiger partial charge in [-0.25, -0.2) is 4.68 Å². The quantitative estimate of drug-likeness (QED) is 0.778. The van der Waals surface area contributed by atoms with Crippen molar-refractivity contribution in [2.24, 2.45) is 0 Å². The Balaban J connectivity index is 2.94. The molecule has 0 aliphatic heterocycles. The molecule has 0 atom stereocenters. The van der Waals surface area contributed by atoms with Gasteiger partial charge >= 0.3 is 0 Å². The molecule has 10 heavy (non-hydrogen) atoms. The number of aromatic nitrogens is 2. The van der Waals surface area contributed by atoms with Crippen LogP contribution < -0.4 is 0 Å². The first kappa shape index (κ1) is 7.76. The summed E-state index contributed by atoms with van der Waals surface area (Å²) in [6.45, 7) is 0.270. The summed E-state index contributed by atoms with van der Waals surface area (Å²) < 4.78 is 3.10. The molecule has 0 N–H and O–H groups in total. The maximum absolute atomic E-state index is 8.31. The smallest absolute Gasteiger partial charge is 0.129 e. The van der Waals surface area contributed by atoms with Crippen LogP contribution in [0.1, 0.15) is 0 Å². The van der Waals surface area contributed by atoms with Gasteiger partial charge in [-0.1, -0.05) is 0 Å². The van der Waals surface area contributed by atoms with Crippen LogP contribution in [0.4, 0.5) is 0 Å². The van der Waals surface area contributed by atoms with Crippen molar-refractivity contribution in [2.45, 2.75) is 6.54 Å². The summed E-state index contributed by atoms with van der Waals surface area (Å²) in [5.41, 5.74) is 0. The number of nitrogens with zero attached hydrogens (tertiary/aromatic N) is 3. The number of halogens is 2. The second-order valence-electron chi connectivity index (χ2n) is 1.61. The summed E-state index contributed by atoms with van der Waals surface area (Å²) in [7, 11) is 0. The van der Waals surface area contributed by atoms with Gasteiger partial charge in [0.05, 0.1) is 6.07 Å². The van der Waals surface area contributed by atoms with E-state index in [1.54, 1.807) is 10.7 Å². The Bertz CT molecular complexity index is 273. The molecule has 1 heterocycles. The van der Waals surface area contributed by atoms with Crippen LogP contribution in [0.15, 0.2) is 15.3 Å². The molecular formula is C5H3Br2N3. The van der Waals surface area contributed by atoms with Crippen molar-refractivity contribution in [3.63, 3.8) is 0 Å². The molecular weight excluding hydrogens is 262 g/mol. The first-order chi connectivity index (χ1) is 4.74. The number of hydrogen-bond acceptors (Lipinski definition) is 2. The predicted molar refractivity (Wildman–Crippen MR) is 43.2 cm³/mol. The molecule has 0 aliphatic carbocycles. The highest BCUT2D eigenvalue weighted by Crippen LogP contribution is 2.15. The first-order valence-electron chi connectivity index (χ1n) is 2.50. The third kappa shape index (κ3) is 1.58. The van der Waals surface area contributed by atoms with Crippen LogP contribution in [0.25, 0.3) is 0 Å².